The van der Waals surface area contributed by atoms with Crippen molar-refractivity contribution in [3.05, 3.63) is 47.0 Å². The standard InChI is InChI=1S/C17H14ClF3N2O3S2/c1-2-14-16(24)22-13-8-10(4-6-15(13)27-14)28(25,26)23-9-3-5-12(18)11(7-9)17(19,20)21/h3-8,14,23H,2H2,1H3,(H,22,24)/t14-/m0/s1. The molecule has 1 atom stereocenters. The van der Waals surface area contributed by atoms with Gasteiger partial charge in [0.1, 0.15) is 0 Å². The van der Waals surface area contributed by atoms with Crippen molar-refractivity contribution in [2.75, 3.05) is 10.0 Å². The molecule has 0 saturated carbocycles. The molecule has 1 aliphatic heterocycles. The average Bonchev–Trinajstić information content (AvgIpc) is 2.61. The molecule has 0 aromatic heterocycles. The Kier molecular flexibility index (Phi) is 5.57. The summed E-state index contributed by atoms with van der Waals surface area (Å²) in [6.07, 6.45) is -4.10. The number of alkyl halides is 3. The minimum absolute atomic E-state index is 0.189. The molecule has 0 unspecified atom stereocenters. The smallest absolute Gasteiger partial charge is 0.324 e. The summed E-state index contributed by atoms with van der Waals surface area (Å²) >= 11 is 6.87. The Labute approximate surface area is 168 Å². The van der Waals surface area contributed by atoms with Crippen molar-refractivity contribution in [3.63, 3.8) is 0 Å². The van der Waals surface area contributed by atoms with E-state index in [4.69, 9.17) is 11.6 Å². The van der Waals surface area contributed by atoms with E-state index in [1.54, 1.807) is 6.07 Å². The van der Waals surface area contributed by atoms with Crippen molar-refractivity contribution in [3.8, 4) is 0 Å². The second kappa shape index (κ2) is 7.49. The number of benzene rings is 2. The first kappa shape index (κ1) is 20.8. The van der Waals surface area contributed by atoms with Crippen molar-refractivity contribution in [2.45, 2.75) is 34.6 Å². The van der Waals surface area contributed by atoms with Crippen LogP contribution in [0.25, 0.3) is 0 Å². The van der Waals surface area contributed by atoms with E-state index in [1.807, 2.05) is 6.92 Å². The zero-order valence-electron chi connectivity index (χ0n) is 14.3. The Hall–Kier alpha value is -1.91. The van der Waals surface area contributed by atoms with Crippen LogP contribution >= 0.6 is 23.4 Å². The Morgan fingerprint density at radius 1 is 1.21 bits per heavy atom. The largest absolute Gasteiger partial charge is 0.417 e. The van der Waals surface area contributed by atoms with Crippen LogP contribution in [0.2, 0.25) is 5.02 Å². The van der Waals surface area contributed by atoms with Crippen molar-refractivity contribution >= 4 is 50.7 Å². The van der Waals surface area contributed by atoms with Gasteiger partial charge >= 0.3 is 6.18 Å². The first-order valence-electron chi connectivity index (χ1n) is 8.02. The SMILES string of the molecule is CC[C@@H]1Sc2ccc(S(=O)(=O)Nc3ccc(Cl)c(C(F)(F)F)c3)cc2NC1=O. The first-order valence-corrected chi connectivity index (χ1v) is 10.8. The maximum Gasteiger partial charge on any atom is 0.417 e. The van der Waals surface area contributed by atoms with Gasteiger partial charge in [0.25, 0.3) is 10.0 Å². The highest BCUT2D eigenvalue weighted by Crippen LogP contribution is 2.39. The van der Waals surface area contributed by atoms with E-state index in [2.05, 4.69) is 10.0 Å². The van der Waals surface area contributed by atoms with Crippen LogP contribution in [-0.2, 0) is 21.0 Å². The fraction of sp³-hybridized carbons (Fsp3) is 0.235. The lowest BCUT2D eigenvalue weighted by atomic mass is 10.2. The number of hydrogen-bond donors (Lipinski definition) is 2. The van der Waals surface area contributed by atoms with Crippen LogP contribution in [-0.4, -0.2) is 19.6 Å². The molecule has 1 amide bonds. The molecule has 0 aliphatic carbocycles. The highest BCUT2D eigenvalue weighted by atomic mass is 35.5. The van der Waals surface area contributed by atoms with E-state index < -0.39 is 26.8 Å². The number of amides is 1. The van der Waals surface area contributed by atoms with Crippen LogP contribution in [0, 0.1) is 0 Å². The third-order valence-electron chi connectivity index (χ3n) is 3.98. The van der Waals surface area contributed by atoms with E-state index in [-0.39, 0.29) is 21.7 Å². The molecule has 0 bridgehead atoms. The number of halogens is 4. The van der Waals surface area contributed by atoms with Crippen LogP contribution in [0.15, 0.2) is 46.2 Å². The average molecular weight is 451 g/mol. The van der Waals surface area contributed by atoms with Crippen LogP contribution < -0.4 is 10.0 Å². The molecule has 5 nitrogen and oxygen atoms in total. The molecule has 3 rings (SSSR count). The number of thioether (sulfide) groups is 1. The second-order valence-corrected chi connectivity index (χ2v) is 9.29. The van der Waals surface area contributed by atoms with Crippen molar-refractivity contribution in [1.82, 2.24) is 0 Å². The molecule has 1 aliphatic rings. The van der Waals surface area contributed by atoms with Crippen molar-refractivity contribution < 1.29 is 26.4 Å². The lowest BCUT2D eigenvalue weighted by molar-refractivity contribution is -0.137. The first-order chi connectivity index (χ1) is 13.0. The molecule has 0 radical (unpaired) electrons. The minimum atomic E-state index is -4.72. The molecule has 0 fully saturated rings. The van der Waals surface area contributed by atoms with Gasteiger partial charge in [-0.1, -0.05) is 18.5 Å². The van der Waals surface area contributed by atoms with Crippen LogP contribution in [0.4, 0.5) is 24.5 Å². The molecular formula is C17H14ClF3N2O3S2. The van der Waals surface area contributed by atoms with Crippen LogP contribution in [0.5, 0.6) is 0 Å². The Morgan fingerprint density at radius 2 is 1.93 bits per heavy atom. The molecule has 2 aromatic rings. The highest BCUT2D eigenvalue weighted by molar-refractivity contribution is 8.01. The van der Waals surface area contributed by atoms with Gasteiger partial charge in [0.2, 0.25) is 5.91 Å². The normalized spacial score (nSPS) is 17.0. The fourth-order valence-corrected chi connectivity index (χ4v) is 4.91. The Bertz CT molecular complexity index is 1040. The number of anilines is 2. The molecule has 0 saturated heterocycles. The zero-order chi connectivity index (χ0) is 20.7. The molecule has 0 spiro atoms. The lowest BCUT2D eigenvalue weighted by Crippen LogP contribution is -2.28. The maximum atomic E-state index is 13.0. The number of carbonyl (C=O) groups excluding carboxylic acids is 1. The summed E-state index contributed by atoms with van der Waals surface area (Å²) in [6.45, 7) is 1.87. The van der Waals surface area contributed by atoms with Gasteiger partial charge < -0.3 is 5.32 Å². The monoisotopic (exact) mass is 450 g/mol. The Morgan fingerprint density at radius 3 is 2.57 bits per heavy atom. The molecule has 2 N–H and O–H groups in total. The number of rotatable bonds is 4. The molecule has 150 valence electrons. The quantitative estimate of drug-likeness (QED) is 0.688. The molecule has 11 heteroatoms. The number of fused-ring (bicyclic) bond motifs is 1. The summed E-state index contributed by atoms with van der Waals surface area (Å²) in [5, 5.41) is 1.86. The van der Waals surface area contributed by atoms with Gasteiger partial charge in [-0.25, -0.2) is 8.42 Å². The van der Waals surface area contributed by atoms with Gasteiger partial charge in [-0.05, 0) is 42.8 Å². The van der Waals surface area contributed by atoms with Gasteiger partial charge in [0, 0.05) is 10.6 Å². The van der Waals surface area contributed by atoms with Crippen LogP contribution in [0.3, 0.4) is 0 Å². The van der Waals surface area contributed by atoms with Gasteiger partial charge in [0.05, 0.1) is 26.4 Å². The summed E-state index contributed by atoms with van der Waals surface area (Å²) < 4.78 is 66.2. The predicted molar refractivity (Wildman–Crippen MR) is 102 cm³/mol. The third kappa shape index (κ3) is 4.23. The summed E-state index contributed by atoms with van der Waals surface area (Å²) in [4.78, 5) is 12.5. The van der Waals surface area contributed by atoms with Gasteiger partial charge in [-0.3, -0.25) is 9.52 Å². The van der Waals surface area contributed by atoms with Gasteiger partial charge in [0.15, 0.2) is 0 Å². The molecule has 28 heavy (non-hydrogen) atoms. The van der Waals surface area contributed by atoms with Crippen molar-refractivity contribution in [2.24, 2.45) is 0 Å². The summed E-state index contributed by atoms with van der Waals surface area (Å²) in [7, 11) is -4.18. The molecule has 1 heterocycles. The fourth-order valence-electron chi connectivity index (χ4n) is 2.59. The van der Waals surface area contributed by atoms with E-state index in [9.17, 15) is 26.4 Å². The van der Waals surface area contributed by atoms with Gasteiger partial charge in [-0.2, -0.15) is 13.2 Å². The summed E-state index contributed by atoms with van der Waals surface area (Å²) in [5.74, 6) is -0.227. The maximum absolute atomic E-state index is 13.0. The van der Waals surface area contributed by atoms with E-state index in [1.165, 1.54) is 23.9 Å². The van der Waals surface area contributed by atoms with Gasteiger partial charge in [-0.15, -0.1) is 11.8 Å². The predicted octanol–water partition coefficient (Wildman–Crippen LogP) is 4.98. The number of nitrogens with one attached hydrogen (secondary N) is 2. The molecular weight excluding hydrogens is 437 g/mol. The second-order valence-electron chi connectivity index (χ2n) is 5.96. The number of sulfonamides is 1. The number of carbonyl (C=O) groups is 1. The molecule has 2 aromatic carbocycles. The topological polar surface area (TPSA) is 75.3 Å². The van der Waals surface area contributed by atoms with E-state index in [0.717, 1.165) is 17.0 Å². The zero-order valence-corrected chi connectivity index (χ0v) is 16.7. The summed E-state index contributed by atoms with van der Waals surface area (Å²) in [6, 6.07) is 6.89. The van der Waals surface area contributed by atoms with Crippen molar-refractivity contribution in [1.29, 1.82) is 0 Å². The minimum Gasteiger partial charge on any atom is -0.324 e. The summed E-state index contributed by atoms with van der Waals surface area (Å²) in [5.41, 5.74) is -1.08. The van der Waals surface area contributed by atoms with E-state index >= 15 is 0 Å². The Balaban J connectivity index is 1.91. The lowest BCUT2D eigenvalue weighted by Gasteiger charge is -2.23. The third-order valence-corrected chi connectivity index (χ3v) is 7.13. The van der Waals surface area contributed by atoms with E-state index in [0.29, 0.717) is 18.2 Å². The van der Waals surface area contributed by atoms with Crippen LogP contribution in [0.1, 0.15) is 18.9 Å². The highest BCUT2D eigenvalue weighted by Gasteiger charge is 2.34. The number of hydrogen-bond acceptors (Lipinski definition) is 4.